The van der Waals surface area contributed by atoms with Crippen molar-refractivity contribution in [2.75, 3.05) is 6.54 Å². The van der Waals surface area contributed by atoms with E-state index in [4.69, 9.17) is 0 Å². The molecule has 5 heteroatoms. The average molecular weight is 285 g/mol. The highest BCUT2D eigenvalue weighted by Crippen LogP contribution is 2.36. The summed E-state index contributed by atoms with van der Waals surface area (Å²) in [5, 5.41) is 2.83. The minimum atomic E-state index is -0.201. The number of pyridine rings is 1. The smallest absolute Gasteiger partial charge is 0.252 e. The number of H-pyrrole nitrogens is 1. The summed E-state index contributed by atoms with van der Waals surface area (Å²) in [7, 11) is 0. The van der Waals surface area contributed by atoms with Gasteiger partial charge in [0.2, 0.25) is 5.56 Å². The van der Waals surface area contributed by atoms with Crippen molar-refractivity contribution in [1.29, 1.82) is 0 Å². The third kappa shape index (κ3) is 2.95. The summed E-state index contributed by atoms with van der Waals surface area (Å²) in [6.45, 7) is 0.628. The largest absolute Gasteiger partial charge is 0.351 e. The highest BCUT2D eigenvalue weighted by atomic mass is 79.9. The second kappa shape index (κ2) is 4.82. The molecule has 0 aromatic carbocycles. The Bertz CT molecular complexity index is 419. The van der Waals surface area contributed by atoms with Crippen molar-refractivity contribution in [2.24, 2.45) is 5.92 Å². The lowest BCUT2D eigenvalue weighted by molar-refractivity contribution is 0.0953. The van der Waals surface area contributed by atoms with Gasteiger partial charge in [0.15, 0.2) is 0 Å². The first kappa shape index (κ1) is 11.4. The number of carbonyl (C=O) groups is 1. The number of aromatic amines is 1. The number of hydrogen-bond donors (Lipinski definition) is 2. The van der Waals surface area contributed by atoms with Gasteiger partial charge in [-0.25, -0.2) is 0 Å². The van der Waals surface area contributed by atoms with E-state index in [0.717, 1.165) is 0 Å². The van der Waals surface area contributed by atoms with Crippen molar-refractivity contribution in [3.8, 4) is 0 Å². The molecular weight excluding hydrogens is 272 g/mol. The van der Waals surface area contributed by atoms with E-state index in [-0.39, 0.29) is 11.5 Å². The Kier molecular flexibility index (Phi) is 3.43. The van der Waals surface area contributed by atoms with Crippen LogP contribution in [0.4, 0.5) is 0 Å². The quantitative estimate of drug-likeness (QED) is 0.819. The second-order valence-electron chi connectivity index (χ2n) is 4.01. The van der Waals surface area contributed by atoms with Crippen LogP contribution in [0, 0.1) is 5.92 Å². The SMILES string of the molecule is O=C(NCC(Br)C1CC1)c1ccc(=O)[nH]c1. The summed E-state index contributed by atoms with van der Waals surface area (Å²) in [5.74, 6) is 0.553. The first-order valence-electron chi connectivity index (χ1n) is 5.28. The molecule has 16 heavy (non-hydrogen) atoms. The van der Waals surface area contributed by atoms with Crippen LogP contribution in [0.2, 0.25) is 0 Å². The number of rotatable bonds is 4. The minimum absolute atomic E-state index is 0.152. The third-order valence-corrected chi connectivity index (χ3v) is 3.71. The molecule has 1 heterocycles. The Morgan fingerprint density at radius 1 is 1.56 bits per heavy atom. The lowest BCUT2D eigenvalue weighted by Gasteiger charge is -2.09. The molecule has 1 aliphatic rings. The molecule has 0 saturated heterocycles. The molecule has 0 bridgehead atoms. The van der Waals surface area contributed by atoms with E-state index in [2.05, 4.69) is 26.2 Å². The molecule has 1 amide bonds. The molecule has 1 fully saturated rings. The first-order valence-corrected chi connectivity index (χ1v) is 6.19. The van der Waals surface area contributed by atoms with Gasteiger partial charge >= 0.3 is 0 Å². The zero-order chi connectivity index (χ0) is 11.5. The summed E-state index contributed by atoms with van der Waals surface area (Å²) in [6, 6.07) is 2.87. The Balaban J connectivity index is 1.87. The van der Waals surface area contributed by atoms with Gasteiger partial charge in [-0.15, -0.1) is 0 Å². The lowest BCUT2D eigenvalue weighted by atomic mass is 10.2. The topological polar surface area (TPSA) is 62.0 Å². The number of nitrogens with one attached hydrogen (secondary N) is 2. The van der Waals surface area contributed by atoms with Crippen molar-refractivity contribution in [3.63, 3.8) is 0 Å². The first-order chi connectivity index (χ1) is 7.66. The Labute approximate surface area is 102 Å². The summed E-state index contributed by atoms with van der Waals surface area (Å²) in [4.78, 5) is 25.3. The molecule has 0 spiro atoms. The summed E-state index contributed by atoms with van der Waals surface area (Å²) in [5.41, 5.74) is 0.281. The molecule has 1 saturated carbocycles. The van der Waals surface area contributed by atoms with Crippen LogP contribution in [0.25, 0.3) is 0 Å². The molecule has 4 nitrogen and oxygen atoms in total. The van der Waals surface area contributed by atoms with E-state index >= 15 is 0 Å². The average Bonchev–Trinajstić information content (AvgIpc) is 3.10. The molecule has 1 atom stereocenters. The summed E-state index contributed by atoms with van der Waals surface area (Å²) in [6.07, 6.45) is 3.91. The molecule has 1 aliphatic carbocycles. The van der Waals surface area contributed by atoms with Gasteiger partial charge in [0.25, 0.3) is 5.91 Å². The van der Waals surface area contributed by atoms with Crippen LogP contribution in [-0.2, 0) is 0 Å². The van der Waals surface area contributed by atoms with Crippen LogP contribution in [0.1, 0.15) is 23.2 Å². The Morgan fingerprint density at radius 3 is 2.88 bits per heavy atom. The molecular formula is C11H13BrN2O2. The lowest BCUT2D eigenvalue weighted by Crippen LogP contribution is -2.30. The van der Waals surface area contributed by atoms with Crippen molar-refractivity contribution < 1.29 is 4.79 Å². The van der Waals surface area contributed by atoms with Crippen LogP contribution in [0.5, 0.6) is 0 Å². The van der Waals surface area contributed by atoms with Gasteiger partial charge in [-0.2, -0.15) is 0 Å². The van der Waals surface area contributed by atoms with E-state index < -0.39 is 0 Å². The second-order valence-corrected chi connectivity index (χ2v) is 5.18. The van der Waals surface area contributed by atoms with Crippen molar-refractivity contribution in [3.05, 3.63) is 34.2 Å². The van der Waals surface area contributed by atoms with E-state index in [9.17, 15) is 9.59 Å². The van der Waals surface area contributed by atoms with Gasteiger partial charge in [-0.3, -0.25) is 9.59 Å². The Morgan fingerprint density at radius 2 is 2.31 bits per heavy atom. The molecule has 1 unspecified atom stereocenters. The molecule has 2 rings (SSSR count). The highest BCUT2D eigenvalue weighted by Gasteiger charge is 2.29. The Hall–Kier alpha value is -1.10. The number of aromatic nitrogens is 1. The predicted octanol–water partition coefficient (Wildman–Crippen LogP) is 1.28. The van der Waals surface area contributed by atoms with Crippen molar-refractivity contribution >= 4 is 21.8 Å². The van der Waals surface area contributed by atoms with Crippen LogP contribution in [0.15, 0.2) is 23.1 Å². The molecule has 0 aliphatic heterocycles. The maximum absolute atomic E-state index is 11.6. The van der Waals surface area contributed by atoms with Crippen LogP contribution in [-0.4, -0.2) is 22.3 Å². The number of amides is 1. The van der Waals surface area contributed by atoms with Crippen molar-refractivity contribution in [1.82, 2.24) is 10.3 Å². The molecule has 0 radical (unpaired) electrons. The van der Waals surface area contributed by atoms with Crippen LogP contribution >= 0.6 is 15.9 Å². The monoisotopic (exact) mass is 284 g/mol. The van der Waals surface area contributed by atoms with Gasteiger partial charge in [0.05, 0.1) is 5.56 Å². The maximum atomic E-state index is 11.6. The normalized spacial score (nSPS) is 16.8. The van der Waals surface area contributed by atoms with Gasteiger partial charge < -0.3 is 10.3 Å². The summed E-state index contributed by atoms with van der Waals surface area (Å²) >= 11 is 3.54. The molecule has 1 aromatic heterocycles. The number of halogens is 1. The van der Waals surface area contributed by atoms with Gasteiger partial charge in [-0.05, 0) is 24.8 Å². The minimum Gasteiger partial charge on any atom is -0.351 e. The maximum Gasteiger partial charge on any atom is 0.252 e. The zero-order valence-electron chi connectivity index (χ0n) is 8.70. The number of hydrogen-bond acceptors (Lipinski definition) is 2. The van der Waals surface area contributed by atoms with Gasteiger partial charge in [0, 0.05) is 23.6 Å². The number of carbonyl (C=O) groups excluding carboxylic acids is 1. The fourth-order valence-corrected chi connectivity index (χ4v) is 2.16. The molecule has 2 N–H and O–H groups in total. The fraction of sp³-hybridized carbons (Fsp3) is 0.455. The highest BCUT2D eigenvalue weighted by molar-refractivity contribution is 9.09. The van der Waals surface area contributed by atoms with Gasteiger partial charge in [-0.1, -0.05) is 15.9 Å². The predicted molar refractivity (Wildman–Crippen MR) is 64.8 cm³/mol. The molecule has 86 valence electrons. The third-order valence-electron chi connectivity index (χ3n) is 2.64. The van der Waals surface area contributed by atoms with E-state index in [0.29, 0.717) is 22.9 Å². The van der Waals surface area contributed by atoms with E-state index in [1.54, 1.807) is 0 Å². The van der Waals surface area contributed by atoms with Gasteiger partial charge in [0.1, 0.15) is 0 Å². The van der Waals surface area contributed by atoms with E-state index in [1.807, 2.05) is 0 Å². The van der Waals surface area contributed by atoms with Crippen molar-refractivity contribution in [2.45, 2.75) is 17.7 Å². The number of alkyl halides is 1. The van der Waals surface area contributed by atoms with Crippen LogP contribution < -0.4 is 10.9 Å². The summed E-state index contributed by atoms with van der Waals surface area (Å²) < 4.78 is 0. The standard InChI is InChI=1S/C11H13BrN2O2/c12-9(7-1-2-7)6-14-11(16)8-3-4-10(15)13-5-8/h3-5,7,9H,1-2,6H2,(H,13,15)(H,14,16). The fourth-order valence-electron chi connectivity index (χ4n) is 1.47. The van der Waals surface area contributed by atoms with Crippen LogP contribution in [0.3, 0.4) is 0 Å². The van der Waals surface area contributed by atoms with E-state index in [1.165, 1.54) is 31.2 Å². The zero-order valence-corrected chi connectivity index (χ0v) is 10.3. The molecule has 1 aromatic rings.